The molecule has 0 aliphatic carbocycles. The molecule has 20 heavy (non-hydrogen) atoms. The lowest BCUT2D eigenvalue weighted by Crippen LogP contribution is -2.29. The molecule has 0 heterocycles. The van der Waals surface area contributed by atoms with Crippen molar-refractivity contribution in [1.82, 2.24) is 4.72 Å². The zero-order chi connectivity index (χ0) is 14.5. The molecule has 1 aromatic carbocycles. The molecular formula is C12H19ClN2O4S. The largest absolute Gasteiger partial charge is 0.462 e. The Labute approximate surface area is 125 Å². The molecule has 6 nitrogen and oxygen atoms in total. The van der Waals surface area contributed by atoms with Crippen LogP contribution in [0.3, 0.4) is 0 Å². The fraction of sp³-hybridized carbons (Fsp3) is 0.417. The number of esters is 1. The molecule has 0 aliphatic heterocycles. The van der Waals surface area contributed by atoms with E-state index in [0.717, 1.165) is 0 Å². The van der Waals surface area contributed by atoms with Crippen LogP contribution < -0.4 is 10.5 Å². The number of nitrogens with one attached hydrogen (secondary N) is 1. The molecule has 0 amide bonds. The summed E-state index contributed by atoms with van der Waals surface area (Å²) in [5.41, 5.74) is 6.03. The smallest absolute Gasteiger partial charge is 0.338 e. The third-order valence-electron chi connectivity index (χ3n) is 2.43. The zero-order valence-corrected chi connectivity index (χ0v) is 13.0. The summed E-state index contributed by atoms with van der Waals surface area (Å²) in [6.07, 6.45) is 0. The highest BCUT2D eigenvalue weighted by Gasteiger charge is 2.18. The van der Waals surface area contributed by atoms with Gasteiger partial charge in [-0.25, -0.2) is 17.9 Å². The summed E-state index contributed by atoms with van der Waals surface area (Å²) in [4.78, 5) is 11.7. The Balaban J connectivity index is 0.00000361. The summed E-state index contributed by atoms with van der Waals surface area (Å²) in [5.74, 6) is -0.544. The lowest BCUT2D eigenvalue weighted by atomic mass is 10.1. The number of halogens is 1. The molecular weight excluding hydrogens is 304 g/mol. The van der Waals surface area contributed by atoms with E-state index in [2.05, 4.69) is 4.72 Å². The second kappa shape index (κ2) is 8.21. The minimum atomic E-state index is -3.66. The van der Waals surface area contributed by atoms with Crippen molar-refractivity contribution in [3.63, 3.8) is 0 Å². The fourth-order valence-corrected chi connectivity index (χ4v) is 2.82. The van der Waals surface area contributed by atoms with Gasteiger partial charge in [-0.2, -0.15) is 0 Å². The maximum absolute atomic E-state index is 12.0. The van der Waals surface area contributed by atoms with E-state index < -0.39 is 16.0 Å². The molecule has 0 spiro atoms. The van der Waals surface area contributed by atoms with E-state index in [-0.39, 0.29) is 42.6 Å². The van der Waals surface area contributed by atoms with Crippen LogP contribution in [-0.4, -0.2) is 34.1 Å². The number of carbonyl (C=O) groups is 1. The Bertz CT molecular complexity index is 561. The van der Waals surface area contributed by atoms with Gasteiger partial charge in [0, 0.05) is 13.1 Å². The maximum atomic E-state index is 12.0. The molecule has 3 N–H and O–H groups in total. The fourth-order valence-electron chi connectivity index (χ4n) is 1.50. The summed E-state index contributed by atoms with van der Waals surface area (Å²) in [5, 5.41) is 0. The van der Waals surface area contributed by atoms with Crippen molar-refractivity contribution in [2.45, 2.75) is 18.7 Å². The first-order valence-corrected chi connectivity index (χ1v) is 7.38. The van der Waals surface area contributed by atoms with Gasteiger partial charge in [0.05, 0.1) is 17.1 Å². The molecule has 8 heteroatoms. The van der Waals surface area contributed by atoms with Crippen LogP contribution in [0.15, 0.2) is 23.1 Å². The van der Waals surface area contributed by atoms with Crippen LogP contribution in [0.25, 0.3) is 0 Å². The number of sulfonamides is 1. The normalized spacial score (nSPS) is 10.8. The highest BCUT2D eigenvalue weighted by atomic mass is 35.5. The summed E-state index contributed by atoms with van der Waals surface area (Å²) in [7, 11) is -3.66. The number of ether oxygens (including phenoxy) is 1. The number of carbonyl (C=O) groups excluding carboxylic acids is 1. The van der Waals surface area contributed by atoms with E-state index in [1.165, 1.54) is 12.1 Å². The molecule has 0 atom stereocenters. The predicted molar refractivity (Wildman–Crippen MR) is 78.6 cm³/mol. The maximum Gasteiger partial charge on any atom is 0.338 e. The van der Waals surface area contributed by atoms with Crippen LogP contribution in [0.4, 0.5) is 0 Å². The van der Waals surface area contributed by atoms with E-state index in [1.807, 2.05) is 0 Å². The van der Waals surface area contributed by atoms with Crippen LogP contribution in [0.5, 0.6) is 0 Å². The van der Waals surface area contributed by atoms with Crippen molar-refractivity contribution in [1.29, 1.82) is 0 Å². The average Bonchev–Trinajstić information content (AvgIpc) is 2.37. The third kappa shape index (κ3) is 4.75. The van der Waals surface area contributed by atoms with Gasteiger partial charge in [-0.3, -0.25) is 0 Å². The predicted octanol–water partition coefficient (Wildman–Crippen LogP) is 0.831. The molecule has 0 saturated heterocycles. The Hall–Kier alpha value is -1.15. The van der Waals surface area contributed by atoms with Crippen molar-refractivity contribution < 1.29 is 17.9 Å². The highest BCUT2D eigenvalue weighted by molar-refractivity contribution is 7.89. The average molecular weight is 323 g/mol. The van der Waals surface area contributed by atoms with Crippen molar-refractivity contribution in [3.8, 4) is 0 Å². The lowest BCUT2D eigenvalue weighted by Gasteiger charge is -2.10. The first-order chi connectivity index (χ1) is 8.92. The minimum Gasteiger partial charge on any atom is -0.462 e. The molecule has 0 aliphatic rings. The van der Waals surface area contributed by atoms with Gasteiger partial charge < -0.3 is 10.5 Å². The van der Waals surface area contributed by atoms with Crippen LogP contribution in [-0.2, 0) is 14.8 Å². The van der Waals surface area contributed by atoms with Crippen molar-refractivity contribution in [2.24, 2.45) is 5.73 Å². The first kappa shape index (κ1) is 18.9. The van der Waals surface area contributed by atoms with Crippen LogP contribution >= 0.6 is 12.4 Å². The van der Waals surface area contributed by atoms with Gasteiger partial charge >= 0.3 is 5.97 Å². The molecule has 1 aromatic rings. The van der Waals surface area contributed by atoms with Gasteiger partial charge in [0.25, 0.3) is 0 Å². The zero-order valence-electron chi connectivity index (χ0n) is 11.4. The van der Waals surface area contributed by atoms with E-state index in [4.69, 9.17) is 10.5 Å². The van der Waals surface area contributed by atoms with E-state index in [0.29, 0.717) is 5.56 Å². The Morgan fingerprint density at radius 2 is 2.05 bits per heavy atom. The number of nitrogens with two attached hydrogens (primary N) is 1. The summed E-state index contributed by atoms with van der Waals surface area (Å²) in [6.45, 7) is 3.93. The van der Waals surface area contributed by atoms with Crippen LogP contribution in [0.1, 0.15) is 22.8 Å². The molecule has 0 bridgehead atoms. The molecule has 0 saturated carbocycles. The first-order valence-electron chi connectivity index (χ1n) is 5.90. The summed E-state index contributed by atoms with van der Waals surface area (Å²) in [6, 6.07) is 4.42. The SMILES string of the molecule is CCOC(=O)c1ccc(C)c(S(=O)(=O)NCCN)c1.Cl. The monoisotopic (exact) mass is 322 g/mol. The molecule has 0 radical (unpaired) electrons. The Morgan fingerprint density at radius 1 is 1.40 bits per heavy atom. The van der Waals surface area contributed by atoms with E-state index >= 15 is 0 Å². The molecule has 1 rings (SSSR count). The molecule has 0 unspecified atom stereocenters. The number of hydrogen-bond donors (Lipinski definition) is 2. The number of aryl methyl sites for hydroxylation is 1. The van der Waals surface area contributed by atoms with Gasteiger partial charge in [-0.05, 0) is 31.5 Å². The Kier molecular flexibility index (Phi) is 7.74. The molecule has 114 valence electrons. The summed E-state index contributed by atoms with van der Waals surface area (Å²) >= 11 is 0. The van der Waals surface area contributed by atoms with Gasteiger partial charge in [-0.1, -0.05) is 6.07 Å². The third-order valence-corrected chi connectivity index (χ3v) is 4.03. The van der Waals surface area contributed by atoms with Crippen molar-refractivity contribution >= 4 is 28.4 Å². The van der Waals surface area contributed by atoms with Crippen molar-refractivity contribution in [3.05, 3.63) is 29.3 Å². The highest BCUT2D eigenvalue weighted by Crippen LogP contribution is 2.17. The van der Waals surface area contributed by atoms with Gasteiger partial charge in [0.1, 0.15) is 0 Å². The number of benzene rings is 1. The topological polar surface area (TPSA) is 98.5 Å². The van der Waals surface area contributed by atoms with Crippen LogP contribution in [0, 0.1) is 6.92 Å². The minimum absolute atomic E-state index is 0. The second-order valence-electron chi connectivity index (χ2n) is 3.89. The van der Waals surface area contributed by atoms with Crippen LogP contribution in [0.2, 0.25) is 0 Å². The van der Waals surface area contributed by atoms with Crippen molar-refractivity contribution in [2.75, 3.05) is 19.7 Å². The van der Waals surface area contributed by atoms with Gasteiger partial charge in [0.2, 0.25) is 10.0 Å². The lowest BCUT2D eigenvalue weighted by molar-refractivity contribution is 0.0526. The quantitative estimate of drug-likeness (QED) is 0.756. The van der Waals surface area contributed by atoms with E-state index in [9.17, 15) is 13.2 Å². The van der Waals surface area contributed by atoms with E-state index in [1.54, 1.807) is 19.9 Å². The standard InChI is InChI=1S/C12H18N2O4S.ClH/c1-3-18-12(15)10-5-4-9(2)11(8-10)19(16,17)14-7-6-13;/h4-5,8,14H,3,6-7,13H2,1-2H3;1H. The molecule has 0 fully saturated rings. The second-order valence-corrected chi connectivity index (χ2v) is 5.62. The van der Waals surface area contributed by atoms with Gasteiger partial charge in [0.15, 0.2) is 0 Å². The summed E-state index contributed by atoms with van der Waals surface area (Å²) < 4.78 is 31.3. The number of rotatable bonds is 6. The van der Waals surface area contributed by atoms with Gasteiger partial charge in [-0.15, -0.1) is 12.4 Å². The molecule has 0 aromatic heterocycles. The Morgan fingerprint density at radius 3 is 2.60 bits per heavy atom. The number of hydrogen-bond acceptors (Lipinski definition) is 5.